The maximum atomic E-state index is 10.8. The van der Waals surface area contributed by atoms with Gasteiger partial charge in [-0.1, -0.05) is 31.4 Å². The molecule has 1 aromatic carbocycles. The van der Waals surface area contributed by atoms with Crippen LogP contribution in [0.4, 0.5) is 0 Å². The van der Waals surface area contributed by atoms with Crippen LogP contribution in [0.3, 0.4) is 0 Å². The Kier molecular flexibility index (Phi) is 5.12. The highest BCUT2D eigenvalue weighted by atomic mass is 35.5. The maximum Gasteiger partial charge on any atom is 0.337 e. The number of carboxylic acids is 1. The standard InChI is InChI=1S/C12H15ClO3/c1-2-3-4-7-16-9-5-6-11(13)10(8-9)12(14)15/h5-6,8H,2-4,7H2,1H3,(H,14,15). The van der Waals surface area contributed by atoms with Gasteiger partial charge in [0, 0.05) is 0 Å². The van der Waals surface area contributed by atoms with Crippen LogP contribution in [0.25, 0.3) is 0 Å². The minimum Gasteiger partial charge on any atom is -0.494 e. The monoisotopic (exact) mass is 242 g/mol. The van der Waals surface area contributed by atoms with Gasteiger partial charge in [-0.25, -0.2) is 4.79 Å². The van der Waals surface area contributed by atoms with Crippen LogP contribution in [-0.2, 0) is 0 Å². The van der Waals surface area contributed by atoms with E-state index in [1.807, 2.05) is 0 Å². The third-order valence-electron chi connectivity index (χ3n) is 2.18. The van der Waals surface area contributed by atoms with Gasteiger partial charge in [0.1, 0.15) is 5.75 Å². The Morgan fingerprint density at radius 1 is 1.44 bits per heavy atom. The highest BCUT2D eigenvalue weighted by molar-refractivity contribution is 6.33. The van der Waals surface area contributed by atoms with E-state index in [2.05, 4.69) is 6.92 Å². The second-order valence-corrected chi connectivity index (χ2v) is 3.91. The zero-order chi connectivity index (χ0) is 12.0. The summed E-state index contributed by atoms with van der Waals surface area (Å²) in [5.41, 5.74) is 0.0784. The molecule has 16 heavy (non-hydrogen) atoms. The molecule has 1 rings (SSSR count). The van der Waals surface area contributed by atoms with Crippen LogP contribution in [0.1, 0.15) is 36.5 Å². The molecule has 1 N–H and O–H groups in total. The first-order valence-corrected chi connectivity index (χ1v) is 5.68. The zero-order valence-electron chi connectivity index (χ0n) is 9.20. The highest BCUT2D eigenvalue weighted by Gasteiger charge is 2.09. The molecule has 0 radical (unpaired) electrons. The smallest absolute Gasteiger partial charge is 0.337 e. The van der Waals surface area contributed by atoms with E-state index in [9.17, 15) is 4.79 Å². The molecule has 0 atom stereocenters. The second-order valence-electron chi connectivity index (χ2n) is 3.50. The Bertz CT molecular complexity index is 363. The van der Waals surface area contributed by atoms with Crippen molar-refractivity contribution < 1.29 is 14.6 Å². The maximum absolute atomic E-state index is 10.8. The van der Waals surface area contributed by atoms with Gasteiger partial charge in [0.15, 0.2) is 0 Å². The Labute approximate surface area is 100.0 Å². The number of hydrogen-bond acceptors (Lipinski definition) is 2. The van der Waals surface area contributed by atoms with Crippen molar-refractivity contribution in [1.82, 2.24) is 0 Å². The first-order valence-electron chi connectivity index (χ1n) is 5.30. The topological polar surface area (TPSA) is 46.5 Å². The van der Waals surface area contributed by atoms with E-state index >= 15 is 0 Å². The Morgan fingerprint density at radius 2 is 2.19 bits per heavy atom. The highest BCUT2D eigenvalue weighted by Crippen LogP contribution is 2.22. The summed E-state index contributed by atoms with van der Waals surface area (Å²) in [5.74, 6) is -0.484. The first-order chi connectivity index (χ1) is 7.65. The molecular weight excluding hydrogens is 228 g/mol. The van der Waals surface area contributed by atoms with Crippen LogP contribution < -0.4 is 4.74 Å². The Hall–Kier alpha value is -1.22. The van der Waals surface area contributed by atoms with Crippen molar-refractivity contribution >= 4 is 17.6 Å². The molecule has 0 bridgehead atoms. The summed E-state index contributed by atoms with van der Waals surface area (Å²) in [5, 5.41) is 9.09. The van der Waals surface area contributed by atoms with E-state index in [1.165, 1.54) is 6.07 Å². The molecule has 3 nitrogen and oxygen atoms in total. The van der Waals surface area contributed by atoms with Gasteiger partial charge in [-0.2, -0.15) is 0 Å². The van der Waals surface area contributed by atoms with Crippen molar-refractivity contribution in [1.29, 1.82) is 0 Å². The Balaban J connectivity index is 2.61. The number of ether oxygens (including phenoxy) is 1. The SMILES string of the molecule is CCCCCOc1ccc(Cl)c(C(=O)O)c1. The zero-order valence-corrected chi connectivity index (χ0v) is 9.96. The number of rotatable bonds is 6. The molecule has 0 amide bonds. The molecule has 0 saturated heterocycles. The summed E-state index contributed by atoms with van der Waals surface area (Å²) < 4.78 is 5.43. The first kappa shape index (κ1) is 12.8. The average molecular weight is 243 g/mol. The van der Waals surface area contributed by atoms with Gasteiger partial charge < -0.3 is 9.84 Å². The van der Waals surface area contributed by atoms with E-state index in [-0.39, 0.29) is 10.6 Å². The van der Waals surface area contributed by atoms with Gasteiger partial charge in [0.25, 0.3) is 0 Å². The fourth-order valence-electron chi connectivity index (χ4n) is 1.30. The van der Waals surface area contributed by atoms with Crippen molar-refractivity contribution in [2.75, 3.05) is 6.61 Å². The van der Waals surface area contributed by atoms with E-state index in [4.69, 9.17) is 21.4 Å². The van der Waals surface area contributed by atoms with Crippen molar-refractivity contribution in [3.8, 4) is 5.75 Å². The molecule has 0 spiro atoms. The molecule has 0 heterocycles. The fraction of sp³-hybridized carbons (Fsp3) is 0.417. The number of unbranched alkanes of at least 4 members (excludes halogenated alkanes) is 2. The molecule has 1 aromatic rings. The molecule has 0 aliphatic heterocycles. The largest absolute Gasteiger partial charge is 0.494 e. The third-order valence-corrected chi connectivity index (χ3v) is 2.51. The summed E-state index contributed by atoms with van der Waals surface area (Å²) >= 11 is 5.74. The van der Waals surface area contributed by atoms with Crippen LogP contribution in [0.15, 0.2) is 18.2 Å². The van der Waals surface area contributed by atoms with Crippen LogP contribution >= 0.6 is 11.6 Å². The minimum absolute atomic E-state index is 0.0784. The number of aromatic carboxylic acids is 1. The fourth-order valence-corrected chi connectivity index (χ4v) is 1.50. The molecule has 88 valence electrons. The average Bonchev–Trinajstić information content (AvgIpc) is 2.26. The van der Waals surface area contributed by atoms with Crippen molar-refractivity contribution in [2.24, 2.45) is 0 Å². The lowest BCUT2D eigenvalue weighted by atomic mass is 10.2. The Morgan fingerprint density at radius 3 is 2.81 bits per heavy atom. The predicted octanol–water partition coefficient (Wildman–Crippen LogP) is 3.61. The normalized spacial score (nSPS) is 10.1. The van der Waals surface area contributed by atoms with Crippen molar-refractivity contribution in [3.05, 3.63) is 28.8 Å². The minimum atomic E-state index is -1.04. The number of halogens is 1. The van der Waals surface area contributed by atoms with Crippen molar-refractivity contribution in [3.63, 3.8) is 0 Å². The van der Waals surface area contributed by atoms with Gasteiger partial charge in [0.05, 0.1) is 17.2 Å². The van der Waals surface area contributed by atoms with Gasteiger partial charge in [-0.3, -0.25) is 0 Å². The summed E-state index contributed by atoms with van der Waals surface area (Å²) in [6.07, 6.45) is 3.21. The van der Waals surface area contributed by atoms with E-state index in [0.717, 1.165) is 19.3 Å². The lowest BCUT2D eigenvalue weighted by molar-refractivity contribution is 0.0696. The lowest BCUT2D eigenvalue weighted by Crippen LogP contribution is -2.01. The van der Waals surface area contributed by atoms with Gasteiger partial charge in [-0.05, 0) is 24.6 Å². The van der Waals surface area contributed by atoms with Crippen LogP contribution in [0.5, 0.6) is 5.75 Å². The summed E-state index contributed by atoms with van der Waals surface area (Å²) in [6.45, 7) is 2.72. The number of carbonyl (C=O) groups is 1. The van der Waals surface area contributed by atoms with Crippen LogP contribution in [0, 0.1) is 0 Å². The molecule has 0 aliphatic rings. The summed E-state index contributed by atoms with van der Waals surface area (Å²) in [7, 11) is 0. The van der Waals surface area contributed by atoms with E-state index in [1.54, 1.807) is 12.1 Å². The van der Waals surface area contributed by atoms with E-state index < -0.39 is 5.97 Å². The predicted molar refractivity (Wildman–Crippen MR) is 63.4 cm³/mol. The summed E-state index contributed by atoms with van der Waals surface area (Å²) in [4.78, 5) is 10.8. The van der Waals surface area contributed by atoms with Gasteiger partial charge in [0.2, 0.25) is 0 Å². The number of hydrogen-bond donors (Lipinski definition) is 1. The second kappa shape index (κ2) is 6.38. The van der Waals surface area contributed by atoms with Crippen LogP contribution in [0.2, 0.25) is 5.02 Å². The number of carboxylic acid groups (broad SMARTS) is 1. The molecule has 0 fully saturated rings. The molecule has 0 aromatic heterocycles. The van der Waals surface area contributed by atoms with Crippen molar-refractivity contribution in [2.45, 2.75) is 26.2 Å². The molecule has 4 heteroatoms. The lowest BCUT2D eigenvalue weighted by Gasteiger charge is -2.07. The quantitative estimate of drug-likeness (QED) is 0.776. The third kappa shape index (κ3) is 3.74. The molecule has 0 unspecified atom stereocenters. The summed E-state index contributed by atoms with van der Waals surface area (Å²) in [6, 6.07) is 4.68. The molecule has 0 aliphatic carbocycles. The molecule has 0 saturated carbocycles. The van der Waals surface area contributed by atoms with E-state index in [0.29, 0.717) is 12.4 Å². The number of benzene rings is 1. The van der Waals surface area contributed by atoms with Gasteiger partial charge >= 0.3 is 5.97 Å². The molecular formula is C12H15ClO3. The van der Waals surface area contributed by atoms with Gasteiger partial charge in [-0.15, -0.1) is 0 Å². The van der Waals surface area contributed by atoms with Crippen LogP contribution in [-0.4, -0.2) is 17.7 Å².